The Balaban J connectivity index is 0.000000140. The minimum absolute atomic E-state index is 0.188. The number of anilines is 2. The minimum atomic E-state index is -0.970. The van der Waals surface area contributed by atoms with E-state index in [-0.39, 0.29) is 11.5 Å². The summed E-state index contributed by atoms with van der Waals surface area (Å²) in [6.07, 6.45) is 20.3. The van der Waals surface area contributed by atoms with E-state index in [9.17, 15) is 9.59 Å². The lowest BCUT2D eigenvalue weighted by molar-refractivity contribution is 0.0696. The zero-order chi connectivity index (χ0) is 43.5. The summed E-state index contributed by atoms with van der Waals surface area (Å²) in [5, 5.41) is 21.8. The lowest BCUT2D eigenvalue weighted by atomic mass is 10.1. The van der Waals surface area contributed by atoms with Crippen LogP contribution in [0, 0.1) is 0 Å². The number of pyridine rings is 4. The standard InChI is InChI=1S/C23H18N6O.C12H10N4.C12H12N2O3/c30-23(19-12-27-29(15-19)14-16-5-2-1-3-6-16)28-21-13-26-22-20(21)9-18(11-25-22)17-7-4-8-24-10-17;13-11-7-16-12-10(11)5-9(6-15-12)8-1-3-14-4-2-8;1-17-11-4-2-3-9(5-11)7-14-8-10(6-13-14)12(15)16/h1-13,15H,14H2,(H,25,26)(H,28,30);1-7H,13H2,(H,15,16);2-6,8H,7H2,1H3,(H,15,16). The van der Waals surface area contributed by atoms with Crippen LogP contribution in [0.3, 0.4) is 0 Å². The number of hydrogen-bond donors (Lipinski definition) is 5. The number of aromatic amines is 2. The Labute approximate surface area is 360 Å². The molecule has 8 heterocycles. The van der Waals surface area contributed by atoms with Crippen LogP contribution in [0.25, 0.3) is 44.3 Å². The number of H-pyrrole nitrogens is 2. The molecule has 1 amide bonds. The van der Waals surface area contributed by atoms with E-state index in [2.05, 4.69) is 45.4 Å². The van der Waals surface area contributed by atoms with Crippen molar-refractivity contribution in [3.8, 4) is 28.0 Å². The number of rotatable bonds is 10. The van der Waals surface area contributed by atoms with Crippen LogP contribution in [-0.4, -0.2) is 73.6 Å². The number of benzene rings is 2. The molecular weight excluding hydrogens is 797 g/mol. The lowest BCUT2D eigenvalue weighted by Crippen LogP contribution is -2.11. The first-order valence-corrected chi connectivity index (χ1v) is 19.6. The zero-order valence-corrected chi connectivity index (χ0v) is 33.8. The smallest absolute Gasteiger partial charge is 0.338 e. The predicted octanol–water partition coefficient (Wildman–Crippen LogP) is 7.97. The molecule has 16 heteroatoms. The van der Waals surface area contributed by atoms with E-state index in [1.54, 1.807) is 72.2 Å². The van der Waals surface area contributed by atoms with Crippen molar-refractivity contribution in [3.63, 3.8) is 0 Å². The molecule has 8 aromatic heterocycles. The SMILES string of the molecule is COc1cccc(Cn2cc(C(=O)O)cn2)c1.Nc1c[nH]c2ncc(-c3ccncc3)cc12.O=C(Nc1c[nH]c2ncc(-c3cccnc3)cc12)c1cnn(Cc2ccccc2)c1. The number of aromatic nitrogens is 10. The second kappa shape index (κ2) is 19.0. The molecule has 0 saturated carbocycles. The van der Waals surface area contributed by atoms with Crippen molar-refractivity contribution in [1.82, 2.24) is 49.5 Å². The van der Waals surface area contributed by atoms with Crippen LogP contribution in [0.4, 0.5) is 11.4 Å². The van der Waals surface area contributed by atoms with Crippen molar-refractivity contribution in [2.75, 3.05) is 18.2 Å². The van der Waals surface area contributed by atoms with Gasteiger partial charge < -0.3 is 30.9 Å². The Kier molecular flexibility index (Phi) is 12.3. The molecule has 0 fully saturated rings. The third-order valence-corrected chi connectivity index (χ3v) is 9.79. The number of nitrogens with one attached hydrogen (secondary N) is 3. The minimum Gasteiger partial charge on any atom is -0.497 e. The second-order valence-corrected chi connectivity index (χ2v) is 14.1. The van der Waals surface area contributed by atoms with Gasteiger partial charge in [0.25, 0.3) is 5.91 Å². The molecule has 0 aliphatic heterocycles. The van der Waals surface area contributed by atoms with Crippen LogP contribution >= 0.6 is 0 Å². The summed E-state index contributed by atoms with van der Waals surface area (Å²) in [6, 6.07) is 29.3. The summed E-state index contributed by atoms with van der Waals surface area (Å²) in [7, 11) is 1.61. The molecule has 16 nitrogen and oxygen atoms in total. The van der Waals surface area contributed by atoms with Gasteiger partial charge in [-0.2, -0.15) is 10.2 Å². The van der Waals surface area contributed by atoms with Crippen LogP contribution < -0.4 is 15.8 Å². The molecule has 2 aromatic carbocycles. The lowest BCUT2D eigenvalue weighted by Gasteiger charge is -2.04. The summed E-state index contributed by atoms with van der Waals surface area (Å²) >= 11 is 0. The number of nitrogens with zero attached hydrogens (tertiary/aromatic N) is 8. The van der Waals surface area contributed by atoms with Gasteiger partial charge in [-0.1, -0.05) is 48.5 Å². The van der Waals surface area contributed by atoms with Gasteiger partial charge in [0.05, 0.1) is 55.1 Å². The normalized spacial score (nSPS) is 10.7. The molecule has 0 radical (unpaired) electrons. The van der Waals surface area contributed by atoms with E-state index in [1.165, 1.54) is 12.4 Å². The molecule has 0 atom stereocenters. The van der Waals surface area contributed by atoms with Crippen LogP contribution in [0.5, 0.6) is 5.75 Å². The van der Waals surface area contributed by atoms with Gasteiger partial charge in [-0.05, 0) is 59.2 Å². The van der Waals surface area contributed by atoms with E-state index in [4.69, 9.17) is 15.6 Å². The monoisotopic (exact) mass is 836 g/mol. The number of carbonyl (C=O) groups excluding carboxylic acids is 1. The first-order valence-electron chi connectivity index (χ1n) is 19.6. The van der Waals surface area contributed by atoms with Gasteiger partial charge in [-0.15, -0.1) is 0 Å². The number of nitrogens with two attached hydrogens (primary N) is 1. The van der Waals surface area contributed by atoms with Gasteiger partial charge in [-0.3, -0.25) is 24.1 Å². The highest BCUT2D eigenvalue weighted by atomic mass is 16.5. The van der Waals surface area contributed by atoms with Gasteiger partial charge in [0, 0.05) is 89.4 Å². The number of aromatic carboxylic acids is 1. The van der Waals surface area contributed by atoms with Crippen LogP contribution in [-0.2, 0) is 13.1 Å². The maximum absolute atomic E-state index is 12.8. The van der Waals surface area contributed by atoms with E-state index in [0.717, 1.165) is 61.2 Å². The van der Waals surface area contributed by atoms with E-state index >= 15 is 0 Å². The molecule has 6 N–H and O–H groups in total. The third kappa shape index (κ3) is 10.1. The van der Waals surface area contributed by atoms with Crippen molar-refractivity contribution in [2.24, 2.45) is 0 Å². The molecular formula is C47H40N12O4. The molecule has 0 aliphatic rings. The summed E-state index contributed by atoms with van der Waals surface area (Å²) in [4.78, 5) is 46.5. The van der Waals surface area contributed by atoms with Crippen molar-refractivity contribution in [1.29, 1.82) is 0 Å². The first kappa shape index (κ1) is 40.8. The predicted molar refractivity (Wildman–Crippen MR) is 240 cm³/mol. The van der Waals surface area contributed by atoms with Gasteiger partial charge in [-0.25, -0.2) is 14.8 Å². The molecule has 10 rings (SSSR count). The van der Waals surface area contributed by atoms with Crippen LogP contribution in [0.1, 0.15) is 31.8 Å². The number of amides is 1. The van der Waals surface area contributed by atoms with E-state index < -0.39 is 5.97 Å². The number of ether oxygens (including phenoxy) is 1. The van der Waals surface area contributed by atoms with E-state index in [1.807, 2.05) is 97.2 Å². The average molecular weight is 837 g/mol. The Morgan fingerprint density at radius 1 is 0.667 bits per heavy atom. The molecule has 0 saturated heterocycles. The molecule has 312 valence electrons. The summed E-state index contributed by atoms with van der Waals surface area (Å²) in [6.45, 7) is 1.13. The average Bonchev–Trinajstić information content (AvgIpc) is 4.16. The maximum Gasteiger partial charge on any atom is 0.338 e. The number of methoxy groups -OCH3 is 1. The van der Waals surface area contributed by atoms with Crippen LogP contribution in [0.15, 0.2) is 165 Å². The largest absolute Gasteiger partial charge is 0.497 e. The topological polar surface area (TPSA) is 220 Å². The zero-order valence-electron chi connectivity index (χ0n) is 33.8. The van der Waals surface area contributed by atoms with Crippen molar-refractivity contribution < 1.29 is 19.4 Å². The molecule has 0 spiro atoms. The number of fused-ring (bicyclic) bond motifs is 2. The summed E-state index contributed by atoms with van der Waals surface area (Å²) in [5.41, 5.74) is 15.6. The Bertz CT molecular complexity index is 3110. The van der Waals surface area contributed by atoms with Gasteiger partial charge in [0.15, 0.2) is 0 Å². The van der Waals surface area contributed by atoms with Crippen molar-refractivity contribution in [3.05, 3.63) is 188 Å². The first-order chi connectivity index (χ1) is 30.8. The highest BCUT2D eigenvalue weighted by Crippen LogP contribution is 2.28. The number of carboxylic acids is 1. The fourth-order valence-corrected chi connectivity index (χ4v) is 6.57. The van der Waals surface area contributed by atoms with Crippen molar-refractivity contribution in [2.45, 2.75) is 13.1 Å². The van der Waals surface area contributed by atoms with Gasteiger partial charge in [0.1, 0.15) is 17.0 Å². The number of nitrogen functional groups attached to an aromatic ring is 1. The van der Waals surface area contributed by atoms with E-state index in [0.29, 0.717) is 30.0 Å². The maximum atomic E-state index is 12.8. The summed E-state index contributed by atoms with van der Waals surface area (Å²) < 4.78 is 8.45. The summed E-state index contributed by atoms with van der Waals surface area (Å²) in [5.74, 6) is -0.419. The molecule has 0 aliphatic carbocycles. The molecule has 0 unspecified atom stereocenters. The molecule has 10 aromatic rings. The number of hydrogen-bond acceptors (Lipinski definition) is 10. The number of carbonyl (C=O) groups is 2. The van der Waals surface area contributed by atoms with Gasteiger partial charge >= 0.3 is 5.97 Å². The third-order valence-electron chi connectivity index (χ3n) is 9.79. The fourth-order valence-electron chi connectivity index (χ4n) is 6.57. The highest BCUT2D eigenvalue weighted by molar-refractivity contribution is 6.08. The Morgan fingerprint density at radius 2 is 1.33 bits per heavy atom. The van der Waals surface area contributed by atoms with Crippen LogP contribution in [0.2, 0.25) is 0 Å². The van der Waals surface area contributed by atoms with Gasteiger partial charge in [0.2, 0.25) is 0 Å². The Hall–Kier alpha value is -8.92. The number of carboxylic acid groups (broad SMARTS) is 1. The quantitative estimate of drug-likeness (QED) is 0.0889. The highest BCUT2D eigenvalue weighted by Gasteiger charge is 2.14. The Morgan fingerprint density at radius 3 is 2.05 bits per heavy atom. The fraction of sp³-hybridized carbons (Fsp3) is 0.0638. The van der Waals surface area contributed by atoms with Crippen molar-refractivity contribution >= 4 is 45.3 Å². The molecule has 63 heavy (non-hydrogen) atoms. The second-order valence-electron chi connectivity index (χ2n) is 14.1. The molecule has 0 bridgehead atoms.